The number of hydrogen-bond acceptors (Lipinski definition) is 2. The van der Waals surface area contributed by atoms with Crippen LogP contribution in [0.4, 0.5) is 10.1 Å². The van der Waals surface area contributed by atoms with Gasteiger partial charge in [0.25, 0.3) is 11.8 Å². The molecular formula is C18H17FN2O2. The third kappa shape index (κ3) is 3.74. The normalized spacial score (nSPS) is 13.5. The molecule has 5 heteroatoms. The van der Waals surface area contributed by atoms with E-state index >= 15 is 0 Å². The van der Waals surface area contributed by atoms with Crippen molar-refractivity contribution in [3.8, 4) is 0 Å². The fraction of sp³-hybridized carbons (Fsp3) is 0.222. The number of benzene rings is 2. The minimum Gasteiger partial charge on any atom is -0.349 e. The lowest BCUT2D eigenvalue weighted by Crippen LogP contribution is -2.25. The van der Waals surface area contributed by atoms with Crippen molar-refractivity contribution in [2.24, 2.45) is 0 Å². The Morgan fingerprint density at radius 3 is 2.26 bits per heavy atom. The first kappa shape index (κ1) is 15.2. The van der Waals surface area contributed by atoms with Crippen molar-refractivity contribution >= 4 is 17.5 Å². The van der Waals surface area contributed by atoms with Gasteiger partial charge < -0.3 is 10.6 Å². The molecule has 2 N–H and O–H groups in total. The number of halogens is 1. The first-order valence-corrected chi connectivity index (χ1v) is 7.51. The lowest BCUT2D eigenvalue weighted by molar-refractivity contribution is 0.0950. The Kier molecular flexibility index (Phi) is 4.10. The zero-order valence-corrected chi connectivity index (χ0v) is 12.7. The predicted octanol–water partition coefficient (Wildman–Crippen LogP) is 3.28. The molecule has 0 unspecified atom stereocenters. The van der Waals surface area contributed by atoms with E-state index in [0.29, 0.717) is 22.9 Å². The molecule has 0 heterocycles. The number of anilines is 1. The maximum absolute atomic E-state index is 13.5. The van der Waals surface area contributed by atoms with Gasteiger partial charge in [0.2, 0.25) is 0 Å². The van der Waals surface area contributed by atoms with Gasteiger partial charge in [0, 0.05) is 22.9 Å². The van der Waals surface area contributed by atoms with Crippen LogP contribution in [0.1, 0.15) is 39.1 Å². The third-order valence-corrected chi connectivity index (χ3v) is 3.75. The van der Waals surface area contributed by atoms with E-state index in [4.69, 9.17) is 0 Å². The molecule has 1 aliphatic carbocycles. The van der Waals surface area contributed by atoms with Crippen molar-refractivity contribution < 1.29 is 14.0 Å². The van der Waals surface area contributed by atoms with Crippen molar-refractivity contribution in [3.63, 3.8) is 0 Å². The number of amides is 2. The van der Waals surface area contributed by atoms with Gasteiger partial charge >= 0.3 is 0 Å². The predicted molar refractivity (Wildman–Crippen MR) is 86.0 cm³/mol. The monoisotopic (exact) mass is 312 g/mol. The van der Waals surface area contributed by atoms with Gasteiger partial charge in [-0.3, -0.25) is 9.59 Å². The van der Waals surface area contributed by atoms with E-state index in [0.717, 1.165) is 12.8 Å². The van der Waals surface area contributed by atoms with E-state index in [1.165, 1.54) is 6.07 Å². The molecule has 4 nitrogen and oxygen atoms in total. The molecule has 118 valence electrons. The van der Waals surface area contributed by atoms with Crippen LogP contribution in [0.15, 0.2) is 42.5 Å². The summed E-state index contributed by atoms with van der Waals surface area (Å²) in [6, 6.07) is 11.3. The number of rotatable bonds is 4. The van der Waals surface area contributed by atoms with E-state index < -0.39 is 5.82 Å². The van der Waals surface area contributed by atoms with Crippen LogP contribution in [0.2, 0.25) is 0 Å². The number of nitrogens with one attached hydrogen (secondary N) is 2. The molecule has 2 amide bonds. The highest BCUT2D eigenvalue weighted by Crippen LogP contribution is 2.20. The maximum atomic E-state index is 13.5. The Hall–Kier alpha value is -2.69. The quantitative estimate of drug-likeness (QED) is 0.910. The first-order valence-electron chi connectivity index (χ1n) is 7.51. The fourth-order valence-electron chi connectivity index (χ4n) is 2.14. The van der Waals surface area contributed by atoms with Crippen LogP contribution in [0.3, 0.4) is 0 Å². The molecule has 23 heavy (non-hydrogen) atoms. The minimum atomic E-state index is -0.412. The molecule has 2 aromatic carbocycles. The maximum Gasteiger partial charge on any atom is 0.255 e. The summed E-state index contributed by atoms with van der Waals surface area (Å²) < 4.78 is 13.5. The van der Waals surface area contributed by atoms with E-state index in [1.54, 1.807) is 43.3 Å². The molecule has 0 spiro atoms. The van der Waals surface area contributed by atoms with E-state index in [9.17, 15) is 14.0 Å². The van der Waals surface area contributed by atoms with Crippen LogP contribution in [0.25, 0.3) is 0 Å². The summed E-state index contributed by atoms with van der Waals surface area (Å²) in [6.07, 6.45) is 2.07. The van der Waals surface area contributed by atoms with E-state index in [-0.39, 0.29) is 17.4 Å². The molecular weight excluding hydrogens is 295 g/mol. The average Bonchev–Trinajstić information content (AvgIpc) is 3.34. The van der Waals surface area contributed by atoms with Gasteiger partial charge in [0.05, 0.1) is 0 Å². The van der Waals surface area contributed by atoms with Gasteiger partial charge in [-0.1, -0.05) is 6.07 Å². The van der Waals surface area contributed by atoms with Gasteiger partial charge in [-0.05, 0) is 61.7 Å². The molecule has 1 aliphatic rings. The summed E-state index contributed by atoms with van der Waals surface area (Å²) in [6.45, 7) is 1.64. The fourth-order valence-corrected chi connectivity index (χ4v) is 2.14. The third-order valence-electron chi connectivity index (χ3n) is 3.75. The van der Waals surface area contributed by atoms with Crippen LogP contribution in [0.5, 0.6) is 0 Å². The van der Waals surface area contributed by atoms with Gasteiger partial charge in [0.1, 0.15) is 5.82 Å². The summed E-state index contributed by atoms with van der Waals surface area (Å²) in [4.78, 5) is 24.0. The molecule has 3 rings (SSSR count). The lowest BCUT2D eigenvalue weighted by Gasteiger charge is -2.08. The minimum absolute atomic E-state index is 0.106. The first-order chi connectivity index (χ1) is 11.0. The second-order valence-corrected chi connectivity index (χ2v) is 5.74. The Balaban J connectivity index is 1.66. The second-order valence-electron chi connectivity index (χ2n) is 5.74. The van der Waals surface area contributed by atoms with Crippen LogP contribution in [0, 0.1) is 12.7 Å². The van der Waals surface area contributed by atoms with Crippen LogP contribution in [-0.4, -0.2) is 17.9 Å². The Morgan fingerprint density at radius 1 is 1.00 bits per heavy atom. The van der Waals surface area contributed by atoms with Gasteiger partial charge in [-0.25, -0.2) is 4.39 Å². The summed E-state index contributed by atoms with van der Waals surface area (Å²) in [7, 11) is 0. The zero-order chi connectivity index (χ0) is 16.4. The van der Waals surface area contributed by atoms with Crippen molar-refractivity contribution in [3.05, 3.63) is 65.0 Å². The molecule has 0 aliphatic heterocycles. The molecule has 0 bridgehead atoms. The molecule has 0 saturated heterocycles. The summed E-state index contributed by atoms with van der Waals surface area (Å²) in [5, 5.41) is 5.59. The zero-order valence-electron chi connectivity index (χ0n) is 12.7. The van der Waals surface area contributed by atoms with Crippen molar-refractivity contribution in [2.45, 2.75) is 25.8 Å². The van der Waals surface area contributed by atoms with Crippen LogP contribution in [-0.2, 0) is 0 Å². The van der Waals surface area contributed by atoms with Gasteiger partial charge in [-0.15, -0.1) is 0 Å². The molecule has 0 aromatic heterocycles. The van der Waals surface area contributed by atoms with Crippen molar-refractivity contribution in [1.82, 2.24) is 5.32 Å². The lowest BCUT2D eigenvalue weighted by atomic mass is 10.1. The van der Waals surface area contributed by atoms with E-state index in [1.807, 2.05) is 0 Å². The number of carbonyl (C=O) groups is 2. The Morgan fingerprint density at radius 2 is 1.65 bits per heavy atom. The highest BCUT2D eigenvalue weighted by molar-refractivity contribution is 6.04. The highest BCUT2D eigenvalue weighted by atomic mass is 19.1. The Labute approximate surface area is 133 Å². The second kappa shape index (κ2) is 6.20. The molecule has 2 aromatic rings. The SMILES string of the molecule is Cc1ccc(C(=O)Nc2ccc(C(=O)NC3CC3)cc2)cc1F. The topological polar surface area (TPSA) is 58.2 Å². The molecule has 0 atom stereocenters. The number of carbonyl (C=O) groups excluding carboxylic acids is 2. The largest absolute Gasteiger partial charge is 0.349 e. The smallest absolute Gasteiger partial charge is 0.255 e. The van der Waals surface area contributed by atoms with Gasteiger partial charge in [0.15, 0.2) is 0 Å². The van der Waals surface area contributed by atoms with Crippen LogP contribution < -0.4 is 10.6 Å². The number of aryl methyl sites for hydroxylation is 1. The summed E-state index contributed by atoms with van der Waals surface area (Å²) in [5.74, 6) is -0.908. The van der Waals surface area contributed by atoms with Crippen molar-refractivity contribution in [2.75, 3.05) is 5.32 Å². The van der Waals surface area contributed by atoms with Gasteiger partial charge in [-0.2, -0.15) is 0 Å². The standard InChI is InChI=1S/C18H17FN2O2/c1-11-2-3-13(10-16(11)19)18(23)21-14-6-4-12(5-7-14)17(22)20-15-8-9-15/h2-7,10,15H,8-9H2,1H3,(H,20,22)(H,21,23). The summed E-state index contributed by atoms with van der Waals surface area (Å²) >= 11 is 0. The summed E-state index contributed by atoms with van der Waals surface area (Å²) in [5.41, 5.74) is 1.85. The molecule has 0 radical (unpaired) electrons. The average molecular weight is 312 g/mol. The van der Waals surface area contributed by atoms with Crippen LogP contribution >= 0.6 is 0 Å². The molecule has 1 saturated carbocycles. The molecule has 1 fully saturated rings. The Bertz CT molecular complexity index is 752. The van der Waals surface area contributed by atoms with Crippen molar-refractivity contribution in [1.29, 1.82) is 0 Å². The van der Waals surface area contributed by atoms with E-state index in [2.05, 4.69) is 10.6 Å². The highest BCUT2D eigenvalue weighted by Gasteiger charge is 2.23. The number of hydrogen-bond donors (Lipinski definition) is 2.